The molecule has 0 fully saturated rings. The third-order valence-electron chi connectivity index (χ3n) is 2.86. The van der Waals surface area contributed by atoms with Gasteiger partial charge in [0.05, 0.1) is 4.90 Å². The number of ether oxygens (including phenoxy) is 1. The van der Waals surface area contributed by atoms with Gasteiger partial charge in [-0.1, -0.05) is 31.0 Å². The van der Waals surface area contributed by atoms with Crippen molar-refractivity contribution in [3.63, 3.8) is 0 Å². The molecule has 0 bridgehead atoms. The Bertz CT molecular complexity index is 428. The Morgan fingerprint density at radius 1 is 1.39 bits per heavy atom. The predicted molar refractivity (Wildman–Crippen MR) is 76.4 cm³/mol. The molecule has 1 aromatic carbocycles. The Kier molecular flexibility index (Phi) is 5.69. The number of nitrogens with zero attached hydrogens (tertiary/aromatic N) is 1. The van der Waals surface area contributed by atoms with Crippen LogP contribution in [0.2, 0.25) is 0 Å². The maximum absolute atomic E-state index is 12.0. The van der Waals surface area contributed by atoms with E-state index in [9.17, 15) is 4.21 Å². The SMILES string of the molecule is CCC[C@@](C)(/C=N/[S@](=O)c1ccc(C)cc1)OC. The molecule has 0 amide bonds. The van der Waals surface area contributed by atoms with Crippen molar-refractivity contribution in [3.8, 4) is 0 Å². The first kappa shape index (κ1) is 15.1. The van der Waals surface area contributed by atoms with Gasteiger partial charge < -0.3 is 4.74 Å². The van der Waals surface area contributed by atoms with E-state index in [1.165, 1.54) is 0 Å². The summed E-state index contributed by atoms with van der Waals surface area (Å²) in [6, 6.07) is 7.55. The molecule has 0 aromatic heterocycles. The van der Waals surface area contributed by atoms with E-state index in [4.69, 9.17) is 4.74 Å². The Labute approximate surface area is 112 Å². The molecule has 0 saturated heterocycles. The van der Waals surface area contributed by atoms with E-state index in [0.717, 1.165) is 18.4 Å². The van der Waals surface area contributed by atoms with Crippen LogP contribution < -0.4 is 0 Å². The lowest BCUT2D eigenvalue weighted by Gasteiger charge is -2.22. The number of hydrogen-bond acceptors (Lipinski definition) is 2. The van der Waals surface area contributed by atoms with Gasteiger partial charge in [0.2, 0.25) is 0 Å². The van der Waals surface area contributed by atoms with Crippen molar-refractivity contribution in [2.24, 2.45) is 4.40 Å². The lowest BCUT2D eigenvalue weighted by molar-refractivity contribution is 0.0627. The summed E-state index contributed by atoms with van der Waals surface area (Å²) in [4.78, 5) is 0.715. The predicted octanol–water partition coefficient (Wildman–Crippen LogP) is 3.29. The quantitative estimate of drug-likeness (QED) is 0.742. The standard InChI is InChI=1S/C14H21NO2S/c1-5-10-14(3,17-4)11-15-18(16)13-8-6-12(2)7-9-13/h6-9,11H,5,10H2,1-4H3/b15-11+/t14-,18+/m0/s1. The second-order valence-corrected chi connectivity index (χ2v) is 5.74. The second-order valence-electron chi connectivity index (χ2n) is 4.56. The normalized spacial score (nSPS) is 16.7. The molecule has 0 saturated carbocycles. The smallest absolute Gasteiger partial charge is 0.172 e. The third-order valence-corrected chi connectivity index (χ3v) is 3.83. The van der Waals surface area contributed by atoms with Gasteiger partial charge >= 0.3 is 0 Å². The van der Waals surface area contributed by atoms with Crippen LogP contribution in [-0.4, -0.2) is 23.1 Å². The molecular formula is C14H21NO2S. The topological polar surface area (TPSA) is 38.7 Å². The molecule has 0 unspecified atom stereocenters. The first-order valence-corrected chi connectivity index (χ1v) is 7.20. The fourth-order valence-corrected chi connectivity index (χ4v) is 2.40. The van der Waals surface area contributed by atoms with Crippen LogP contribution in [0.25, 0.3) is 0 Å². The summed E-state index contributed by atoms with van der Waals surface area (Å²) in [5.74, 6) is 0. The van der Waals surface area contributed by atoms with Gasteiger partial charge in [0.15, 0.2) is 11.0 Å². The third kappa shape index (κ3) is 4.35. The first-order chi connectivity index (χ1) is 8.50. The van der Waals surface area contributed by atoms with E-state index in [2.05, 4.69) is 11.3 Å². The first-order valence-electron chi connectivity index (χ1n) is 6.09. The molecule has 1 aromatic rings. The van der Waals surface area contributed by atoms with Crippen molar-refractivity contribution in [1.82, 2.24) is 0 Å². The fourth-order valence-electron chi connectivity index (χ4n) is 1.59. The minimum absolute atomic E-state index is 0.435. The molecule has 1 rings (SSSR count). The van der Waals surface area contributed by atoms with Gasteiger partial charge in [-0.05, 0) is 32.4 Å². The molecule has 0 N–H and O–H groups in total. The van der Waals surface area contributed by atoms with Crippen LogP contribution in [0.15, 0.2) is 33.6 Å². The highest BCUT2D eigenvalue weighted by molar-refractivity contribution is 7.83. The van der Waals surface area contributed by atoms with E-state index in [0.29, 0.717) is 4.90 Å². The van der Waals surface area contributed by atoms with E-state index in [1.54, 1.807) is 13.3 Å². The highest BCUT2D eigenvalue weighted by Gasteiger charge is 2.20. The van der Waals surface area contributed by atoms with E-state index < -0.39 is 16.6 Å². The van der Waals surface area contributed by atoms with Crippen LogP contribution in [0.5, 0.6) is 0 Å². The lowest BCUT2D eigenvalue weighted by Crippen LogP contribution is -2.29. The Balaban J connectivity index is 2.77. The Morgan fingerprint density at radius 3 is 2.50 bits per heavy atom. The zero-order valence-electron chi connectivity index (χ0n) is 11.5. The van der Waals surface area contributed by atoms with Crippen molar-refractivity contribution in [3.05, 3.63) is 29.8 Å². The van der Waals surface area contributed by atoms with Gasteiger partial charge in [0.25, 0.3) is 0 Å². The summed E-state index contributed by atoms with van der Waals surface area (Å²) in [6.07, 6.45) is 3.51. The number of rotatable bonds is 6. The molecule has 2 atom stereocenters. The number of hydrogen-bond donors (Lipinski definition) is 0. The van der Waals surface area contributed by atoms with Gasteiger partial charge in [-0.15, -0.1) is 0 Å². The summed E-state index contributed by atoms with van der Waals surface area (Å²) in [7, 11) is 0.295. The van der Waals surface area contributed by atoms with Gasteiger partial charge in [-0.3, -0.25) is 0 Å². The van der Waals surface area contributed by atoms with Crippen LogP contribution in [-0.2, 0) is 15.7 Å². The summed E-state index contributed by atoms with van der Waals surface area (Å²) in [6.45, 7) is 6.04. The minimum atomic E-state index is -1.35. The lowest BCUT2D eigenvalue weighted by atomic mass is 10.0. The van der Waals surface area contributed by atoms with Crippen molar-refractivity contribution in [2.75, 3.05) is 7.11 Å². The van der Waals surface area contributed by atoms with Gasteiger partial charge in [-0.2, -0.15) is 4.40 Å². The largest absolute Gasteiger partial charge is 0.373 e. The number of benzene rings is 1. The van der Waals surface area contributed by atoms with Crippen LogP contribution in [0.3, 0.4) is 0 Å². The van der Waals surface area contributed by atoms with Gasteiger partial charge in [0.1, 0.15) is 5.60 Å². The average Bonchev–Trinajstić information content (AvgIpc) is 2.37. The molecule has 3 nitrogen and oxygen atoms in total. The summed E-state index contributed by atoms with van der Waals surface area (Å²) in [5.41, 5.74) is 0.710. The molecule has 0 aliphatic rings. The van der Waals surface area contributed by atoms with Crippen molar-refractivity contribution >= 4 is 17.2 Å². The number of methoxy groups -OCH3 is 1. The molecule has 0 heterocycles. The molecular weight excluding hydrogens is 246 g/mol. The summed E-state index contributed by atoms with van der Waals surface area (Å²) < 4.78 is 21.5. The van der Waals surface area contributed by atoms with E-state index in [-0.39, 0.29) is 0 Å². The highest BCUT2D eigenvalue weighted by atomic mass is 32.2. The van der Waals surface area contributed by atoms with Gasteiger partial charge in [0, 0.05) is 13.3 Å². The van der Waals surface area contributed by atoms with Crippen LogP contribution >= 0.6 is 0 Å². The maximum Gasteiger partial charge on any atom is 0.172 e. The minimum Gasteiger partial charge on any atom is -0.373 e. The number of aryl methyl sites for hydroxylation is 1. The second kappa shape index (κ2) is 6.81. The van der Waals surface area contributed by atoms with Crippen molar-refractivity contribution in [1.29, 1.82) is 0 Å². The van der Waals surface area contributed by atoms with Crippen molar-refractivity contribution in [2.45, 2.75) is 44.1 Å². The maximum atomic E-state index is 12.0. The van der Waals surface area contributed by atoms with Crippen LogP contribution in [0, 0.1) is 6.92 Å². The van der Waals surface area contributed by atoms with Crippen LogP contribution in [0.4, 0.5) is 0 Å². The van der Waals surface area contributed by atoms with E-state index in [1.807, 2.05) is 38.1 Å². The Hall–Kier alpha value is -1.00. The molecule has 0 aliphatic heterocycles. The zero-order valence-corrected chi connectivity index (χ0v) is 12.3. The fraction of sp³-hybridized carbons (Fsp3) is 0.500. The average molecular weight is 267 g/mol. The molecule has 18 heavy (non-hydrogen) atoms. The molecule has 100 valence electrons. The van der Waals surface area contributed by atoms with Crippen molar-refractivity contribution < 1.29 is 8.95 Å². The summed E-state index contributed by atoms with van der Waals surface area (Å²) >= 11 is 0. The van der Waals surface area contributed by atoms with E-state index >= 15 is 0 Å². The summed E-state index contributed by atoms with van der Waals surface area (Å²) in [5, 5.41) is 0. The molecule has 0 spiro atoms. The zero-order chi connectivity index (χ0) is 13.6. The molecule has 4 heteroatoms. The Morgan fingerprint density at radius 2 is 2.00 bits per heavy atom. The van der Waals surface area contributed by atoms with Crippen LogP contribution in [0.1, 0.15) is 32.3 Å². The highest BCUT2D eigenvalue weighted by Crippen LogP contribution is 2.15. The molecule has 0 radical (unpaired) electrons. The molecule has 0 aliphatic carbocycles. The monoisotopic (exact) mass is 267 g/mol. The van der Waals surface area contributed by atoms with Gasteiger partial charge in [-0.25, -0.2) is 4.21 Å².